The van der Waals surface area contributed by atoms with Crippen LogP contribution in [-0.4, -0.2) is 15.5 Å². The number of nitrogens with zero attached hydrogens (tertiary/aromatic N) is 3. The molecule has 0 aliphatic rings. The molecule has 26 heavy (non-hydrogen) atoms. The van der Waals surface area contributed by atoms with Gasteiger partial charge in [0.1, 0.15) is 0 Å². The fourth-order valence-electron chi connectivity index (χ4n) is 2.81. The number of carbonyl (C=O) groups is 1. The number of thiazole rings is 2. The molecule has 0 fully saturated rings. The van der Waals surface area contributed by atoms with Gasteiger partial charge >= 0.3 is 5.91 Å². The fourth-order valence-corrected chi connectivity index (χ4v) is 4.78. The molecule has 2 aromatic carbocycles. The number of carbonyl (C=O) groups excluding carboxylic acids is 1. The number of hydrogen-bond acceptors (Lipinski definition) is 4. The first kappa shape index (κ1) is 16.9. The number of para-hydroxylation sites is 1. The molecule has 0 bridgehead atoms. The maximum absolute atomic E-state index is 12.7. The Morgan fingerprint density at radius 2 is 1.96 bits per heavy atom. The lowest BCUT2D eigenvalue weighted by Crippen LogP contribution is -2.16. The molecule has 0 N–H and O–H groups in total. The van der Waals surface area contributed by atoms with Gasteiger partial charge in [0.2, 0.25) is 0 Å². The van der Waals surface area contributed by atoms with Crippen LogP contribution in [0.25, 0.3) is 20.4 Å². The highest BCUT2D eigenvalue weighted by atomic mass is 32.1. The van der Waals surface area contributed by atoms with Crippen molar-refractivity contribution < 1.29 is 4.79 Å². The summed E-state index contributed by atoms with van der Waals surface area (Å²) in [5.41, 5.74) is 4.36. The van der Waals surface area contributed by atoms with Gasteiger partial charge in [-0.3, -0.25) is 4.79 Å². The Labute approximate surface area is 158 Å². The summed E-state index contributed by atoms with van der Waals surface area (Å²) in [5, 5.41) is 0.418. The van der Waals surface area contributed by atoms with Crippen molar-refractivity contribution in [3.05, 3.63) is 70.0 Å². The Hall–Kier alpha value is -2.57. The molecule has 130 valence electrons. The number of rotatable bonds is 3. The van der Waals surface area contributed by atoms with Gasteiger partial charge in [-0.05, 0) is 49.2 Å². The quantitative estimate of drug-likeness (QED) is 0.477. The molecule has 2 heterocycles. The number of allylic oxidation sites excluding steroid dienone is 1. The molecule has 6 heteroatoms. The number of aryl methyl sites for hydroxylation is 2. The van der Waals surface area contributed by atoms with Crippen molar-refractivity contribution in [2.24, 2.45) is 4.99 Å². The molecule has 0 aliphatic heterocycles. The van der Waals surface area contributed by atoms with Crippen molar-refractivity contribution in [2.45, 2.75) is 20.4 Å². The summed E-state index contributed by atoms with van der Waals surface area (Å²) < 4.78 is 4.14. The average Bonchev–Trinajstić information content (AvgIpc) is 3.18. The predicted molar refractivity (Wildman–Crippen MR) is 109 cm³/mol. The lowest BCUT2D eigenvalue weighted by atomic mass is 10.1. The van der Waals surface area contributed by atoms with E-state index < -0.39 is 0 Å². The predicted octanol–water partition coefficient (Wildman–Crippen LogP) is 4.86. The zero-order valence-corrected chi connectivity index (χ0v) is 16.2. The third-order valence-electron chi connectivity index (χ3n) is 4.28. The second-order valence-corrected chi connectivity index (χ2v) is 8.13. The fraction of sp³-hybridized carbons (Fsp3) is 0.150. The molecule has 4 aromatic rings. The highest BCUT2D eigenvalue weighted by molar-refractivity contribution is 7.20. The minimum atomic E-state index is -0.302. The van der Waals surface area contributed by atoms with E-state index in [9.17, 15) is 4.79 Å². The smallest absolute Gasteiger partial charge is 0.308 e. The normalized spacial score (nSPS) is 12.2. The molecule has 0 saturated heterocycles. The van der Waals surface area contributed by atoms with Crippen molar-refractivity contribution in [3.8, 4) is 0 Å². The molecule has 0 unspecified atom stereocenters. The number of amides is 1. The standard InChI is InChI=1S/C20H17N3OS2/c1-4-9-23-15-10-12(2)13(3)11-17(15)26-20(23)22-18(24)19-21-14-7-5-6-8-16(14)25-19/h4-8,10-11H,1,9H2,2-3H3. The summed E-state index contributed by atoms with van der Waals surface area (Å²) in [4.78, 5) is 22.2. The van der Waals surface area contributed by atoms with Gasteiger partial charge in [-0.1, -0.05) is 29.5 Å². The molecule has 0 radical (unpaired) electrons. The van der Waals surface area contributed by atoms with Gasteiger partial charge in [-0.2, -0.15) is 4.99 Å². The van der Waals surface area contributed by atoms with E-state index in [0.29, 0.717) is 16.4 Å². The van der Waals surface area contributed by atoms with Gasteiger partial charge in [0.15, 0.2) is 9.81 Å². The Balaban J connectivity index is 1.87. The van der Waals surface area contributed by atoms with E-state index in [4.69, 9.17) is 0 Å². The summed E-state index contributed by atoms with van der Waals surface area (Å²) in [5.74, 6) is -0.302. The minimum Gasteiger partial charge on any atom is -0.312 e. The summed E-state index contributed by atoms with van der Waals surface area (Å²) in [6.45, 7) is 8.63. The SMILES string of the molecule is C=CCn1c(=NC(=O)c2nc3ccccc3s2)sc2cc(C)c(C)cc21. The Bertz CT molecular complexity index is 1190. The molecule has 0 saturated carbocycles. The van der Waals surface area contributed by atoms with Crippen LogP contribution in [-0.2, 0) is 6.54 Å². The van der Waals surface area contributed by atoms with Crippen LogP contribution in [0, 0.1) is 13.8 Å². The van der Waals surface area contributed by atoms with Gasteiger partial charge in [-0.25, -0.2) is 4.98 Å². The van der Waals surface area contributed by atoms with Crippen molar-refractivity contribution in [3.63, 3.8) is 0 Å². The Morgan fingerprint density at radius 3 is 2.73 bits per heavy atom. The van der Waals surface area contributed by atoms with Gasteiger partial charge in [0.25, 0.3) is 0 Å². The van der Waals surface area contributed by atoms with Crippen molar-refractivity contribution in [1.29, 1.82) is 0 Å². The highest BCUT2D eigenvalue weighted by Crippen LogP contribution is 2.24. The monoisotopic (exact) mass is 379 g/mol. The van der Waals surface area contributed by atoms with Crippen LogP contribution >= 0.6 is 22.7 Å². The highest BCUT2D eigenvalue weighted by Gasteiger charge is 2.13. The third kappa shape index (κ3) is 2.91. The van der Waals surface area contributed by atoms with Crippen LogP contribution in [0.15, 0.2) is 54.0 Å². The molecular formula is C20H17N3OS2. The van der Waals surface area contributed by atoms with Crippen molar-refractivity contribution in [1.82, 2.24) is 9.55 Å². The number of hydrogen-bond donors (Lipinski definition) is 0. The zero-order valence-electron chi connectivity index (χ0n) is 14.5. The summed E-state index contributed by atoms with van der Waals surface area (Å²) in [7, 11) is 0. The topological polar surface area (TPSA) is 47.2 Å². The molecular weight excluding hydrogens is 362 g/mol. The second-order valence-electron chi connectivity index (χ2n) is 6.09. The van der Waals surface area contributed by atoms with E-state index in [0.717, 1.165) is 20.4 Å². The van der Waals surface area contributed by atoms with Crippen molar-refractivity contribution >= 4 is 49.0 Å². The Morgan fingerprint density at radius 1 is 1.19 bits per heavy atom. The number of aromatic nitrogens is 2. The molecule has 0 atom stereocenters. The molecule has 4 nitrogen and oxygen atoms in total. The largest absolute Gasteiger partial charge is 0.312 e. The molecule has 1 amide bonds. The van der Waals surface area contributed by atoms with E-state index >= 15 is 0 Å². The van der Waals surface area contributed by atoms with Crippen molar-refractivity contribution in [2.75, 3.05) is 0 Å². The van der Waals surface area contributed by atoms with Crippen LogP contribution in [0.3, 0.4) is 0 Å². The summed E-state index contributed by atoms with van der Waals surface area (Å²) >= 11 is 2.90. The Kier molecular flexibility index (Phi) is 4.30. The first-order valence-corrected chi connectivity index (χ1v) is 9.86. The maximum Gasteiger partial charge on any atom is 0.308 e. The van der Waals surface area contributed by atoms with E-state index in [1.54, 1.807) is 0 Å². The van der Waals surface area contributed by atoms with Crippen LogP contribution in [0.2, 0.25) is 0 Å². The summed E-state index contributed by atoms with van der Waals surface area (Å²) in [6.07, 6.45) is 1.82. The molecule has 0 aliphatic carbocycles. The maximum atomic E-state index is 12.7. The zero-order chi connectivity index (χ0) is 18.3. The summed E-state index contributed by atoms with van der Waals surface area (Å²) in [6, 6.07) is 12.0. The third-order valence-corrected chi connectivity index (χ3v) is 6.35. The molecule has 4 rings (SSSR count). The van der Waals surface area contributed by atoms with Crippen LogP contribution < -0.4 is 4.80 Å². The number of benzene rings is 2. The van der Waals surface area contributed by atoms with Crippen LogP contribution in [0.1, 0.15) is 20.9 Å². The lowest BCUT2D eigenvalue weighted by Gasteiger charge is -2.03. The van der Waals surface area contributed by atoms with Gasteiger partial charge in [0.05, 0.1) is 20.4 Å². The van der Waals surface area contributed by atoms with Gasteiger partial charge in [-0.15, -0.1) is 17.9 Å². The lowest BCUT2D eigenvalue weighted by molar-refractivity contribution is 0.0997. The van der Waals surface area contributed by atoms with E-state index in [-0.39, 0.29) is 5.91 Å². The van der Waals surface area contributed by atoms with E-state index in [2.05, 4.69) is 42.5 Å². The second kappa shape index (κ2) is 6.63. The first-order valence-electron chi connectivity index (χ1n) is 8.23. The first-order chi connectivity index (χ1) is 12.6. The minimum absolute atomic E-state index is 0.302. The van der Waals surface area contributed by atoms with E-state index in [1.807, 2.05) is 34.9 Å². The van der Waals surface area contributed by atoms with Gasteiger partial charge in [0, 0.05) is 6.54 Å². The van der Waals surface area contributed by atoms with Crippen LogP contribution in [0.4, 0.5) is 0 Å². The van der Waals surface area contributed by atoms with Gasteiger partial charge < -0.3 is 4.57 Å². The molecule has 0 spiro atoms. The van der Waals surface area contributed by atoms with E-state index in [1.165, 1.54) is 33.8 Å². The number of fused-ring (bicyclic) bond motifs is 2. The molecule has 2 aromatic heterocycles. The van der Waals surface area contributed by atoms with Crippen LogP contribution in [0.5, 0.6) is 0 Å². The average molecular weight is 380 g/mol.